The fourth-order valence-corrected chi connectivity index (χ4v) is 14.4. The highest BCUT2D eigenvalue weighted by Crippen LogP contribution is 2.70. The third kappa shape index (κ3) is 6.35. The molecule has 0 atom stereocenters. The molecule has 0 amide bonds. The summed E-state index contributed by atoms with van der Waals surface area (Å²) in [6.45, 7) is 17.2. The van der Waals surface area contributed by atoms with Crippen LogP contribution in [-0.2, 0) is 4.57 Å². The first-order valence-electron chi connectivity index (χ1n) is 19.6. The summed E-state index contributed by atoms with van der Waals surface area (Å²) in [6.07, 6.45) is 0. The molecule has 0 unspecified atom stereocenters. The van der Waals surface area contributed by atoms with Crippen LogP contribution in [0.4, 0.5) is 45.5 Å². The predicted molar refractivity (Wildman–Crippen MR) is 245 cm³/mol. The summed E-state index contributed by atoms with van der Waals surface area (Å²) in [4.78, 5) is 0. The quantitative estimate of drug-likeness (QED) is 0.157. The number of anilines is 8. The molecule has 0 fully saturated rings. The Morgan fingerprint density at radius 2 is 0.667 bits per heavy atom. The summed E-state index contributed by atoms with van der Waals surface area (Å²) < 4.78 is 26.1. The summed E-state index contributed by atoms with van der Waals surface area (Å²) in [6, 6.07) is 52.5. The van der Waals surface area contributed by atoms with E-state index in [1.807, 2.05) is 0 Å². The van der Waals surface area contributed by atoms with Gasteiger partial charge in [-0.3, -0.25) is 23.2 Å². The van der Waals surface area contributed by atoms with Gasteiger partial charge in [-0.1, -0.05) is 60.7 Å². The van der Waals surface area contributed by atoms with Gasteiger partial charge in [0.05, 0.1) is 39.4 Å². The van der Waals surface area contributed by atoms with Gasteiger partial charge in [-0.05, 0) is 185 Å². The Kier molecular flexibility index (Phi) is 9.15. The molecule has 0 N–H and O–H groups in total. The maximum Gasteiger partial charge on any atom is 0.301 e. The van der Waals surface area contributed by atoms with Gasteiger partial charge in [-0.25, -0.2) is 0 Å². The standard InChI is InChI=1S/C50H48N4OP2/c1-33-21-34(2)26-41(25-33)51-47-13-9-10-14-48(47)52(42-27-35(3)22-36(4)28-42)56(51)45-17-19-46(20-18-45)57(55)53(43-29-37(5)23-38(6)30-43)49-15-11-12-16-50(49)54(57)44-31-39(7)24-40(8)32-44/h9-32H,1-8H3. The average molecular weight is 783 g/mol. The molecule has 0 bridgehead atoms. The highest BCUT2D eigenvalue weighted by atomic mass is 31.2. The highest BCUT2D eigenvalue weighted by Gasteiger charge is 2.49. The van der Waals surface area contributed by atoms with E-state index >= 15 is 4.57 Å². The summed E-state index contributed by atoms with van der Waals surface area (Å²) in [7, 11) is -4.74. The molecule has 0 aromatic heterocycles. The van der Waals surface area contributed by atoms with Crippen molar-refractivity contribution in [3.8, 4) is 0 Å². The van der Waals surface area contributed by atoms with E-state index in [0.29, 0.717) is 0 Å². The van der Waals surface area contributed by atoms with Crippen molar-refractivity contribution in [2.75, 3.05) is 18.7 Å². The first-order chi connectivity index (χ1) is 27.4. The lowest BCUT2D eigenvalue weighted by molar-refractivity contribution is 0.582. The molecule has 284 valence electrons. The summed E-state index contributed by atoms with van der Waals surface area (Å²) in [5.41, 5.74) is 17.9. The third-order valence-electron chi connectivity index (χ3n) is 10.8. The van der Waals surface area contributed by atoms with Crippen molar-refractivity contribution in [1.29, 1.82) is 0 Å². The fourth-order valence-electron chi connectivity index (χ4n) is 8.94. The van der Waals surface area contributed by atoms with Gasteiger partial charge < -0.3 is 0 Å². The van der Waals surface area contributed by atoms with E-state index in [0.717, 1.165) is 50.3 Å². The number of hydrogen-bond acceptors (Lipinski definition) is 3. The molecule has 2 heterocycles. The zero-order valence-electron chi connectivity index (χ0n) is 33.9. The van der Waals surface area contributed by atoms with Crippen molar-refractivity contribution >= 4 is 71.8 Å². The van der Waals surface area contributed by atoms with Crippen LogP contribution in [0.25, 0.3) is 0 Å². The second-order valence-corrected chi connectivity index (χ2v) is 20.3. The fraction of sp³-hybridized carbons (Fsp3) is 0.160. The molecular weight excluding hydrogens is 735 g/mol. The van der Waals surface area contributed by atoms with Crippen molar-refractivity contribution in [2.45, 2.75) is 55.4 Å². The largest absolute Gasteiger partial charge is 0.301 e. The zero-order chi connectivity index (χ0) is 39.7. The summed E-state index contributed by atoms with van der Waals surface area (Å²) in [5.74, 6) is 0. The van der Waals surface area contributed by atoms with Gasteiger partial charge in [0.25, 0.3) is 0 Å². The van der Waals surface area contributed by atoms with Crippen molar-refractivity contribution in [3.63, 3.8) is 0 Å². The molecule has 2 aliphatic rings. The molecule has 7 aromatic rings. The molecule has 5 nitrogen and oxygen atoms in total. The molecule has 0 spiro atoms. The van der Waals surface area contributed by atoms with Crippen LogP contribution in [0.5, 0.6) is 0 Å². The van der Waals surface area contributed by atoms with Gasteiger partial charge in [0, 0.05) is 16.7 Å². The molecule has 57 heavy (non-hydrogen) atoms. The topological polar surface area (TPSA) is 30.0 Å². The summed E-state index contributed by atoms with van der Waals surface area (Å²) >= 11 is 0. The Hall–Kier alpha value is -5.60. The van der Waals surface area contributed by atoms with Crippen LogP contribution in [0.1, 0.15) is 44.5 Å². The Labute approximate surface area is 339 Å². The number of benzene rings is 7. The van der Waals surface area contributed by atoms with Crippen LogP contribution in [-0.4, -0.2) is 0 Å². The van der Waals surface area contributed by atoms with E-state index in [9.17, 15) is 0 Å². The minimum absolute atomic E-state index is 0.781. The lowest BCUT2D eigenvalue weighted by Gasteiger charge is -2.35. The molecule has 2 aliphatic heterocycles. The van der Waals surface area contributed by atoms with Gasteiger partial charge >= 0.3 is 7.44 Å². The zero-order valence-corrected chi connectivity index (χ0v) is 35.7. The maximum atomic E-state index is 16.7. The number of nitrogens with zero attached hydrogens (tertiary/aromatic N) is 4. The molecule has 0 saturated heterocycles. The van der Waals surface area contributed by atoms with Crippen molar-refractivity contribution in [2.24, 2.45) is 0 Å². The molecule has 9 rings (SSSR count). The van der Waals surface area contributed by atoms with Crippen molar-refractivity contribution in [3.05, 3.63) is 190 Å². The lowest BCUT2D eigenvalue weighted by atomic mass is 10.1. The van der Waals surface area contributed by atoms with E-state index < -0.39 is 15.7 Å². The van der Waals surface area contributed by atoms with Gasteiger partial charge in [0.2, 0.25) is 0 Å². The predicted octanol–water partition coefficient (Wildman–Crippen LogP) is 13.9. The third-order valence-corrected chi connectivity index (χ3v) is 16.2. The molecule has 0 saturated carbocycles. The van der Waals surface area contributed by atoms with Gasteiger partial charge in [0.1, 0.15) is 8.22 Å². The minimum atomic E-state index is -3.58. The number of fused-ring (bicyclic) bond motifs is 2. The smallest absolute Gasteiger partial charge is 0.296 e. The SMILES string of the molecule is Cc1cc(C)cc(N2c3ccccc3N(c3cc(C)cc(C)c3)P2c2ccc(P3(=O)N(c4cc(C)cc(C)c4)c4ccccc4N3c3cc(C)cc(C)c3)cc2)c1. The van der Waals surface area contributed by atoms with E-state index in [-0.39, 0.29) is 0 Å². The second kappa shape index (κ2) is 14.1. The van der Waals surface area contributed by atoms with Crippen LogP contribution in [0.3, 0.4) is 0 Å². The Bertz CT molecular complexity index is 2520. The first-order valence-corrected chi connectivity index (χ1v) is 22.5. The van der Waals surface area contributed by atoms with Crippen LogP contribution < -0.4 is 29.3 Å². The van der Waals surface area contributed by atoms with Crippen LogP contribution >= 0.6 is 15.7 Å². The minimum Gasteiger partial charge on any atom is -0.296 e. The summed E-state index contributed by atoms with van der Waals surface area (Å²) in [5, 5.41) is 1.95. The Balaban J connectivity index is 1.26. The van der Waals surface area contributed by atoms with Gasteiger partial charge in [-0.2, -0.15) is 0 Å². The molecule has 0 radical (unpaired) electrons. The first kappa shape index (κ1) is 37.0. The number of para-hydroxylation sites is 4. The normalized spacial score (nSPS) is 14.7. The van der Waals surface area contributed by atoms with Gasteiger partial charge in [-0.15, -0.1) is 0 Å². The molecule has 0 aliphatic carbocycles. The van der Waals surface area contributed by atoms with E-state index in [4.69, 9.17) is 0 Å². The lowest BCUT2D eigenvalue weighted by Crippen LogP contribution is -2.28. The van der Waals surface area contributed by atoms with Crippen molar-refractivity contribution < 1.29 is 4.57 Å². The monoisotopic (exact) mass is 782 g/mol. The second-order valence-electron chi connectivity index (χ2n) is 16.0. The average Bonchev–Trinajstić information content (AvgIpc) is 3.64. The number of aryl methyl sites for hydroxylation is 8. The Morgan fingerprint density at radius 3 is 1.00 bits per heavy atom. The molecule has 7 heteroatoms. The number of hydrogen-bond donors (Lipinski definition) is 0. The molecular formula is C50H48N4OP2. The Morgan fingerprint density at radius 1 is 0.368 bits per heavy atom. The van der Waals surface area contributed by atoms with E-state index in [1.165, 1.54) is 50.3 Å². The van der Waals surface area contributed by atoms with E-state index in [1.54, 1.807) is 0 Å². The maximum absolute atomic E-state index is 16.7. The van der Waals surface area contributed by atoms with E-state index in [2.05, 4.69) is 220 Å². The molecule has 7 aromatic carbocycles. The van der Waals surface area contributed by atoms with Crippen LogP contribution in [0.15, 0.2) is 146 Å². The highest BCUT2D eigenvalue weighted by molar-refractivity contribution is 7.76. The number of rotatable bonds is 6. The van der Waals surface area contributed by atoms with Crippen molar-refractivity contribution in [1.82, 2.24) is 0 Å². The van der Waals surface area contributed by atoms with Crippen LogP contribution in [0, 0.1) is 55.4 Å². The van der Waals surface area contributed by atoms with Crippen LogP contribution in [0.2, 0.25) is 0 Å². The van der Waals surface area contributed by atoms with Gasteiger partial charge in [0.15, 0.2) is 0 Å².